The van der Waals surface area contributed by atoms with Crippen molar-refractivity contribution in [2.45, 2.75) is 17.9 Å². The van der Waals surface area contributed by atoms with Crippen molar-refractivity contribution in [1.29, 1.82) is 0 Å². The van der Waals surface area contributed by atoms with Gasteiger partial charge in [0.15, 0.2) is 9.84 Å². The Morgan fingerprint density at radius 1 is 1.16 bits per heavy atom. The van der Waals surface area contributed by atoms with Crippen LogP contribution in [0.5, 0.6) is 5.75 Å². The third-order valence-corrected chi connectivity index (χ3v) is 5.48. The predicted molar refractivity (Wildman–Crippen MR) is 93.3 cm³/mol. The number of para-hydroxylation sites is 2. The minimum atomic E-state index is -3.55. The molecule has 1 heterocycles. The van der Waals surface area contributed by atoms with Crippen LogP contribution >= 0.6 is 0 Å². The number of hydrogen-bond acceptors (Lipinski definition) is 6. The number of rotatable bonds is 5. The Morgan fingerprint density at radius 3 is 2.56 bits per heavy atom. The molecule has 25 heavy (non-hydrogen) atoms. The average molecular weight is 361 g/mol. The molecular formula is C18H19NO5S. The molecule has 132 valence electrons. The molecule has 0 saturated heterocycles. The van der Waals surface area contributed by atoms with E-state index in [2.05, 4.69) is 0 Å². The van der Waals surface area contributed by atoms with Gasteiger partial charge in [-0.3, -0.25) is 0 Å². The number of hydrogen-bond donors (Lipinski definition) is 0. The van der Waals surface area contributed by atoms with E-state index in [1.165, 1.54) is 0 Å². The maximum Gasteiger partial charge on any atom is 0.349 e. The van der Waals surface area contributed by atoms with Crippen LogP contribution in [0.1, 0.15) is 6.92 Å². The summed E-state index contributed by atoms with van der Waals surface area (Å²) in [7, 11) is -3.55. The summed E-state index contributed by atoms with van der Waals surface area (Å²) in [6.07, 6.45) is -0.860. The lowest BCUT2D eigenvalue weighted by molar-refractivity contribution is -0.151. The van der Waals surface area contributed by atoms with Crippen molar-refractivity contribution in [3.05, 3.63) is 54.6 Å². The molecule has 0 saturated carbocycles. The zero-order valence-corrected chi connectivity index (χ0v) is 14.6. The highest BCUT2D eigenvalue weighted by Crippen LogP contribution is 2.34. The summed E-state index contributed by atoms with van der Waals surface area (Å²) in [4.78, 5) is 13.9. The van der Waals surface area contributed by atoms with Gasteiger partial charge in [-0.15, -0.1) is 0 Å². The maximum atomic E-state index is 12.7. The smallest absolute Gasteiger partial charge is 0.349 e. The van der Waals surface area contributed by atoms with Gasteiger partial charge in [0.05, 0.1) is 23.7 Å². The predicted octanol–water partition coefficient (Wildman–Crippen LogP) is 2.25. The van der Waals surface area contributed by atoms with Gasteiger partial charge in [0.2, 0.25) is 6.10 Å². The number of sulfone groups is 1. The molecule has 1 aliphatic heterocycles. The van der Waals surface area contributed by atoms with Crippen molar-refractivity contribution in [3.8, 4) is 5.75 Å². The summed E-state index contributed by atoms with van der Waals surface area (Å²) in [6.45, 7) is 2.07. The Balaban J connectivity index is 1.90. The summed E-state index contributed by atoms with van der Waals surface area (Å²) in [5.74, 6) is -0.276. The number of esters is 1. The van der Waals surface area contributed by atoms with Crippen molar-refractivity contribution in [3.63, 3.8) is 0 Å². The lowest BCUT2D eigenvalue weighted by Gasteiger charge is -2.34. The van der Waals surface area contributed by atoms with Gasteiger partial charge in [-0.25, -0.2) is 13.2 Å². The van der Waals surface area contributed by atoms with E-state index < -0.39 is 21.9 Å². The summed E-state index contributed by atoms with van der Waals surface area (Å²) in [5.41, 5.74) is 0.641. The molecule has 1 atom stereocenters. The third-order valence-electron chi connectivity index (χ3n) is 3.84. The normalized spacial score (nSPS) is 16.7. The third kappa shape index (κ3) is 3.76. The molecule has 3 rings (SSSR count). The number of nitrogens with zero attached hydrogens (tertiary/aromatic N) is 1. The Bertz CT molecular complexity index is 851. The van der Waals surface area contributed by atoms with Crippen LogP contribution in [-0.4, -0.2) is 39.5 Å². The minimum Gasteiger partial charge on any atom is -0.475 e. The van der Waals surface area contributed by atoms with Gasteiger partial charge in [-0.05, 0) is 31.2 Å². The average Bonchev–Trinajstić information content (AvgIpc) is 2.62. The quantitative estimate of drug-likeness (QED) is 0.761. The van der Waals surface area contributed by atoms with Crippen LogP contribution in [0, 0.1) is 0 Å². The second-order valence-electron chi connectivity index (χ2n) is 5.61. The SMILES string of the molecule is CCOC(=O)C1CN(CS(=O)(=O)c2ccccc2)c2ccccc2O1. The molecule has 1 unspecified atom stereocenters. The highest BCUT2D eigenvalue weighted by molar-refractivity contribution is 7.91. The van der Waals surface area contributed by atoms with Crippen LogP contribution in [0.15, 0.2) is 59.5 Å². The van der Waals surface area contributed by atoms with Gasteiger partial charge in [0.25, 0.3) is 0 Å². The first-order valence-corrected chi connectivity index (χ1v) is 9.61. The Labute approximate surface area is 146 Å². The van der Waals surface area contributed by atoms with Crippen LogP contribution in [-0.2, 0) is 19.4 Å². The molecule has 1 aliphatic rings. The zero-order valence-electron chi connectivity index (χ0n) is 13.8. The lowest BCUT2D eigenvalue weighted by Crippen LogP contribution is -2.46. The molecule has 0 fully saturated rings. The molecule has 0 N–H and O–H groups in total. The van der Waals surface area contributed by atoms with Crippen LogP contribution < -0.4 is 9.64 Å². The van der Waals surface area contributed by atoms with Gasteiger partial charge >= 0.3 is 5.97 Å². The highest BCUT2D eigenvalue weighted by atomic mass is 32.2. The summed E-state index contributed by atoms with van der Waals surface area (Å²) in [6, 6.07) is 15.3. The van der Waals surface area contributed by atoms with Crippen LogP contribution in [0.4, 0.5) is 5.69 Å². The topological polar surface area (TPSA) is 72.9 Å². The van der Waals surface area contributed by atoms with E-state index in [4.69, 9.17) is 9.47 Å². The van der Waals surface area contributed by atoms with E-state index in [0.717, 1.165) is 0 Å². The molecule has 7 heteroatoms. The van der Waals surface area contributed by atoms with Crippen molar-refractivity contribution in [2.75, 3.05) is 23.9 Å². The molecule has 2 aromatic rings. The van der Waals surface area contributed by atoms with Crippen LogP contribution in [0.3, 0.4) is 0 Å². The van der Waals surface area contributed by atoms with Crippen LogP contribution in [0.2, 0.25) is 0 Å². The van der Waals surface area contributed by atoms with Gasteiger partial charge in [0, 0.05) is 0 Å². The van der Waals surface area contributed by atoms with E-state index in [9.17, 15) is 13.2 Å². The fourth-order valence-corrected chi connectivity index (χ4v) is 4.07. The molecule has 0 spiro atoms. The fourth-order valence-electron chi connectivity index (χ4n) is 2.69. The molecule has 2 aromatic carbocycles. The first kappa shape index (κ1) is 17.3. The van der Waals surface area contributed by atoms with E-state index in [1.807, 2.05) is 0 Å². The molecular weight excluding hydrogens is 342 g/mol. The fraction of sp³-hybridized carbons (Fsp3) is 0.278. The van der Waals surface area contributed by atoms with Gasteiger partial charge in [0.1, 0.15) is 11.6 Å². The second kappa shape index (κ2) is 7.14. The number of anilines is 1. The summed E-state index contributed by atoms with van der Waals surface area (Å²) >= 11 is 0. The number of fused-ring (bicyclic) bond motifs is 1. The first-order chi connectivity index (χ1) is 12.0. The Hall–Kier alpha value is -2.54. The van der Waals surface area contributed by atoms with Crippen molar-refractivity contribution in [1.82, 2.24) is 0 Å². The monoisotopic (exact) mass is 361 g/mol. The zero-order chi connectivity index (χ0) is 17.9. The van der Waals surface area contributed by atoms with E-state index in [1.54, 1.807) is 66.4 Å². The maximum absolute atomic E-state index is 12.7. The summed E-state index contributed by atoms with van der Waals surface area (Å²) < 4.78 is 36.1. The Kier molecular flexibility index (Phi) is 4.94. The number of carbonyl (C=O) groups excluding carboxylic acids is 1. The largest absolute Gasteiger partial charge is 0.475 e. The molecule has 0 bridgehead atoms. The second-order valence-corrected chi connectivity index (χ2v) is 7.56. The van der Waals surface area contributed by atoms with Crippen molar-refractivity contribution >= 4 is 21.5 Å². The van der Waals surface area contributed by atoms with Crippen molar-refractivity contribution in [2.24, 2.45) is 0 Å². The molecule has 0 radical (unpaired) electrons. The summed E-state index contributed by atoms with van der Waals surface area (Å²) in [5, 5.41) is 0. The molecule has 0 aliphatic carbocycles. The van der Waals surface area contributed by atoms with Crippen LogP contribution in [0.25, 0.3) is 0 Å². The molecule has 0 amide bonds. The van der Waals surface area contributed by atoms with E-state index >= 15 is 0 Å². The Morgan fingerprint density at radius 2 is 1.84 bits per heavy atom. The van der Waals surface area contributed by atoms with Gasteiger partial charge in [-0.2, -0.15) is 0 Å². The number of benzene rings is 2. The van der Waals surface area contributed by atoms with E-state index in [0.29, 0.717) is 11.4 Å². The standard InChI is InChI=1S/C18H19NO5S/c1-2-23-18(20)17-12-19(15-10-6-7-11-16(15)24-17)13-25(21,22)14-8-4-3-5-9-14/h3-11,17H,2,12-13H2,1H3. The first-order valence-electron chi connectivity index (χ1n) is 7.96. The van der Waals surface area contributed by atoms with E-state index in [-0.39, 0.29) is 23.9 Å². The molecule has 0 aromatic heterocycles. The highest BCUT2D eigenvalue weighted by Gasteiger charge is 2.33. The van der Waals surface area contributed by atoms with Gasteiger partial charge in [-0.1, -0.05) is 30.3 Å². The lowest BCUT2D eigenvalue weighted by atomic mass is 10.2. The van der Waals surface area contributed by atoms with Gasteiger partial charge < -0.3 is 14.4 Å². The van der Waals surface area contributed by atoms with Crippen molar-refractivity contribution < 1.29 is 22.7 Å². The number of ether oxygens (including phenoxy) is 2. The minimum absolute atomic E-state index is 0.113. The number of carbonyl (C=O) groups is 1. The molecule has 6 nitrogen and oxygen atoms in total.